The standard InChI is InChI=1S/C7H14N.14W/c1-7-4-3-5-8(2)6-7;;;;;;;;;;;;;;/h4,7H,3,5-6H2,1-2H3;;;;;;;;;;;;;;/q-1;;;;;;;;;;;;;;. The van der Waals surface area contributed by atoms with Gasteiger partial charge in [-0.05, 0) is 20.1 Å². The minimum Gasteiger partial charge on any atom is -0.323 e. The largest absolute Gasteiger partial charge is 0.323 e. The van der Waals surface area contributed by atoms with Crippen molar-refractivity contribution >= 4 is 0 Å². The van der Waals surface area contributed by atoms with Gasteiger partial charge in [0.1, 0.15) is 0 Å². The molecule has 1 nitrogen and oxygen atoms in total. The van der Waals surface area contributed by atoms with Gasteiger partial charge >= 0.3 is 0 Å². The first-order chi connectivity index (χ1) is 3.79. The zero-order chi connectivity index (χ0) is 5.98. The fourth-order valence-corrected chi connectivity index (χ4v) is 1.24. The number of rotatable bonds is 0. The summed E-state index contributed by atoms with van der Waals surface area (Å²) in [5.41, 5.74) is 0. The smallest absolute Gasteiger partial charge is 0 e. The molecule has 0 saturated carbocycles. The van der Waals surface area contributed by atoms with Crippen molar-refractivity contribution in [1.82, 2.24) is 4.90 Å². The predicted molar refractivity (Wildman–Crippen MR) is 35.6 cm³/mol. The van der Waals surface area contributed by atoms with Crippen LogP contribution in [0.5, 0.6) is 0 Å². The molecule has 1 aliphatic rings. The second kappa shape index (κ2) is 69.8. The minimum atomic E-state index is 0. The maximum atomic E-state index is 2.40. The maximum absolute atomic E-state index is 2.40. The molecule has 0 aromatic rings. The molecule has 0 radical (unpaired) electrons. The Morgan fingerprint density at radius 2 is 0.909 bits per heavy atom. The van der Waals surface area contributed by atoms with Gasteiger partial charge in [0, 0.05) is 295 Å². The molecule has 22 heavy (non-hydrogen) atoms. The van der Waals surface area contributed by atoms with Crippen LogP contribution in [0.15, 0.2) is 0 Å². The quantitative estimate of drug-likeness (QED) is 0.330. The third-order valence-corrected chi connectivity index (χ3v) is 1.68. The van der Waals surface area contributed by atoms with Gasteiger partial charge in [-0.15, -0.1) is 0 Å². The summed E-state index contributed by atoms with van der Waals surface area (Å²) in [6.07, 6.45) is 3.68. The van der Waals surface area contributed by atoms with Gasteiger partial charge in [0.15, 0.2) is 0 Å². The van der Waals surface area contributed by atoms with Gasteiger partial charge in [-0.2, -0.15) is 12.3 Å². The van der Waals surface area contributed by atoms with E-state index >= 15 is 0 Å². The van der Waals surface area contributed by atoms with E-state index in [1.165, 1.54) is 19.5 Å². The van der Waals surface area contributed by atoms with E-state index in [1.807, 2.05) is 0 Å². The number of piperidine rings is 1. The Balaban J connectivity index is -0.00000000381. The zero-order valence-electron chi connectivity index (χ0n) is 11.4. The molecule has 132 valence electrons. The van der Waals surface area contributed by atoms with Crippen LogP contribution in [0, 0.1) is 12.3 Å². The minimum absolute atomic E-state index is 0. The Labute approximate surface area is 337 Å². The van der Waals surface area contributed by atoms with Crippen molar-refractivity contribution < 1.29 is 295 Å². The van der Waals surface area contributed by atoms with Crippen LogP contribution in [0.25, 0.3) is 0 Å². The normalized spacial score (nSPS) is 12.0. The maximum Gasteiger partial charge on any atom is 0 e. The van der Waals surface area contributed by atoms with Crippen LogP contribution in [0.2, 0.25) is 0 Å². The SMILES string of the molecule is CC1[CH-]CCN(C)C1.[W].[W].[W].[W].[W].[W].[W].[W].[W].[W].[W].[W].[W].[W]. The fraction of sp³-hybridized carbons (Fsp3) is 0.857. The summed E-state index contributed by atoms with van der Waals surface area (Å²) in [7, 11) is 2.18. The third-order valence-electron chi connectivity index (χ3n) is 1.68. The first kappa shape index (κ1) is 95.5. The van der Waals surface area contributed by atoms with Crippen molar-refractivity contribution in [3.8, 4) is 0 Å². The van der Waals surface area contributed by atoms with E-state index in [0.29, 0.717) is 0 Å². The van der Waals surface area contributed by atoms with Crippen molar-refractivity contribution in [2.45, 2.75) is 13.3 Å². The average Bonchev–Trinajstić information content (AvgIpc) is 1.64. The first-order valence-corrected chi connectivity index (χ1v) is 3.31. The van der Waals surface area contributed by atoms with E-state index in [-0.39, 0.29) is 295 Å². The molecular formula is C7H14NW14-. The van der Waals surface area contributed by atoms with Gasteiger partial charge in [-0.25, -0.2) is 0 Å². The molecule has 1 rings (SSSR count). The Morgan fingerprint density at radius 1 is 0.636 bits per heavy atom. The number of hydrogen-bond acceptors (Lipinski definition) is 1. The number of likely N-dealkylation sites (tertiary alicyclic amines) is 1. The summed E-state index contributed by atoms with van der Waals surface area (Å²) < 4.78 is 0. The van der Waals surface area contributed by atoms with E-state index in [2.05, 4.69) is 25.3 Å². The van der Waals surface area contributed by atoms with Crippen molar-refractivity contribution in [3.05, 3.63) is 6.42 Å². The summed E-state index contributed by atoms with van der Waals surface area (Å²) in [5.74, 6) is 0.814. The van der Waals surface area contributed by atoms with Crippen LogP contribution in [0.1, 0.15) is 13.3 Å². The Kier molecular flexibility index (Phi) is 303. The van der Waals surface area contributed by atoms with Crippen LogP contribution >= 0.6 is 0 Å². The van der Waals surface area contributed by atoms with E-state index < -0.39 is 0 Å². The molecule has 0 aromatic carbocycles. The summed E-state index contributed by atoms with van der Waals surface area (Å²) in [6.45, 7) is 4.78. The Hall–Kier alpha value is 9.60. The van der Waals surface area contributed by atoms with Crippen LogP contribution in [-0.2, 0) is 295 Å². The molecule has 1 fully saturated rings. The average molecular weight is 2690 g/mol. The summed E-state index contributed by atoms with van der Waals surface area (Å²) in [5, 5.41) is 0. The molecular weight excluding hydrogens is 2670 g/mol. The van der Waals surface area contributed by atoms with Crippen molar-refractivity contribution in [2.24, 2.45) is 5.92 Å². The predicted octanol–water partition coefficient (Wildman–Crippen LogP) is 1.13. The third kappa shape index (κ3) is 63.0. The van der Waals surface area contributed by atoms with Gasteiger partial charge in [0.05, 0.1) is 0 Å². The van der Waals surface area contributed by atoms with Crippen molar-refractivity contribution in [3.63, 3.8) is 0 Å². The van der Waals surface area contributed by atoms with Gasteiger partial charge in [-0.1, -0.05) is 6.92 Å². The second-order valence-electron chi connectivity index (χ2n) is 2.76. The summed E-state index contributed by atoms with van der Waals surface area (Å²) >= 11 is 0. The molecule has 15 heteroatoms. The molecule has 1 atom stereocenters. The number of hydrogen-bond donors (Lipinski definition) is 0. The molecule has 0 amide bonds. The topological polar surface area (TPSA) is 3.24 Å². The van der Waals surface area contributed by atoms with Gasteiger partial charge in [-0.3, -0.25) is 0 Å². The van der Waals surface area contributed by atoms with Gasteiger partial charge in [0.25, 0.3) is 0 Å². The van der Waals surface area contributed by atoms with Gasteiger partial charge < -0.3 is 11.3 Å². The van der Waals surface area contributed by atoms with Crippen LogP contribution in [0.4, 0.5) is 0 Å². The molecule has 1 unspecified atom stereocenters. The van der Waals surface area contributed by atoms with E-state index in [1.54, 1.807) is 0 Å². The zero-order valence-corrected chi connectivity index (χ0v) is 52.5. The molecule has 1 saturated heterocycles. The molecule has 1 aliphatic heterocycles. The summed E-state index contributed by atoms with van der Waals surface area (Å²) in [4.78, 5) is 2.38. The van der Waals surface area contributed by atoms with E-state index in [9.17, 15) is 0 Å². The van der Waals surface area contributed by atoms with Crippen LogP contribution in [-0.4, -0.2) is 25.0 Å². The summed E-state index contributed by atoms with van der Waals surface area (Å²) in [6, 6.07) is 0. The first-order valence-electron chi connectivity index (χ1n) is 3.31. The molecule has 0 aliphatic carbocycles. The van der Waals surface area contributed by atoms with Crippen LogP contribution < -0.4 is 0 Å². The van der Waals surface area contributed by atoms with Crippen LogP contribution in [0.3, 0.4) is 0 Å². The van der Waals surface area contributed by atoms with E-state index in [0.717, 1.165) is 5.92 Å². The van der Waals surface area contributed by atoms with E-state index in [4.69, 9.17) is 0 Å². The Bertz CT molecular complexity index is 83.6. The fourth-order valence-electron chi connectivity index (χ4n) is 1.24. The molecule has 0 aromatic heterocycles. The molecule has 0 N–H and O–H groups in total. The van der Waals surface area contributed by atoms with Crippen molar-refractivity contribution in [1.29, 1.82) is 0 Å². The number of nitrogens with zero attached hydrogens (tertiary/aromatic N) is 1. The Morgan fingerprint density at radius 3 is 1.05 bits per heavy atom. The van der Waals surface area contributed by atoms with Gasteiger partial charge in [0.2, 0.25) is 0 Å². The monoisotopic (exact) mass is 2690 g/mol. The van der Waals surface area contributed by atoms with Crippen molar-refractivity contribution in [2.75, 3.05) is 20.1 Å². The second-order valence-corrected chi connectivity index (χ2v) is 2.76. The molecule has 0 bridgehead atoms. The molecule has 0 spiro atoms. The molecule has 1 heterocycles.